The van der Waals surface area contributed by atoms with Gasteiger partial charge in [-0.05, 0) is 59.4 Å². The summed E-state index contributed by atoms with van der Waals surface area (Å²) in [6.45, 7) is 8.81. The second-order valence-corrected chi connectivity index (χ2v) is 8.37. The van der Waals surface area contributed by atoms with Crippen molar-refractivity contribution in [2.75, 3.05) is 5.32 Å². The Morgan fingerprint density at radius 3 is 2.67 bits per heavy atom. The number of carbonyl (C=O) groups is 1. The van der Waals surface area contributed by atoms with Gasteiger partial charge in [-0.15, -0.1) is 0 Å². The number of nitrogens with zero attached hydrogens (tertiary/aromatic N) is 1. The molecule has 1 aliphatic carbocycles. The van der Waals surface area contributed by atoms with Crippen LogP contribution in [0.25, 0.3) is 0 Å². The highest BCUT2D eigenvalue weighted by Gasteiger charge is 2.38. The molecule has 1 aliphatic rings. The number of hydrogen-bond donors (Lipinski definition) is 1. The summed E-state index contributed by atoms with van der Waals surface area (Å²) in [4.78, 5) is 16.4. The van der Waals surface area contributed by atoms with Gasteiger partial charge in [0.25, 0.3) is 12.3 Å². The third kappa shape index (κ3) is 3.87. The number of carbonyl (C=O) groups excluding carboxylic acids is 1. The largest absolute Gasteiger partial charge is 0.322 e. The van der Waals surface area contributed by atoms with E-state index in [1.807, 2.05) is 12.1 Å². The highest BCUT2D eigenvalue weighted by atomic mass is 19.3. The number of rotatable bonds is 5. The van der Waals surface area contributed by atoms with Gasteiger partial charge in [-0.2, -0.15) is 0 Å². The molecule has 0 spiro atoms. The molecule has 1 atom stereocenters. The molecule has 1 amide bonds. The average molecular weight is 372 g/mol. The summed E-state index contributed by atoms with van der Waals surface area (Å²) < 4.78 is 26.4. The normalized spacial score (nSPS) is 18.0. The molecule has 2 aromatic rings. The topological polar surface area (TPSA) is 42.0 Å². The van der Waals surface area contributed by atoms with Crippen LogP contribution in [0.15, 0.2) is 36.5 Å². The Kier molecular flexibility index (Phi) is 5.31. The fourth-order valence-electron chi connectivity index (χ4n) is 4.28. The molecule has 1 aromatic carbocycles. The van der Waals surface area contributed by atoms with Gasteiger partial charge >= 0.3 is 0 Å². The number of nitrogens with one attached hydrogen (secondary N) is 1. The van der Waals surface area contributed by atoms with Gasteiger partial charge in [-0.25, -0.2) is 8.78 Å². The molecule has 1 aromatic heterocycles. The van der Waals surface area contributed by atoms with Crippen LogP contribution >= 0.6 is 0 Å². The third-order valence-electron chi connectivity index (χ3n) is 5.29. The van der Waals surface area contributed by atoms with E-state index in [4.69, 9.17) is 0 Å². The van der Waals surface area contributed by atoms with E-state index in [9.17, 15) is 13.6 Å². The summed E-state index contributed by atoms with van der Waals surface area (Å²) in [6, 6.07) is 8.79. The van der Waals surface area contributed by atoms with Crippen LogP contribution < -0.4 is 5.32 Å². The van der Waals surface area contributed by atoms with Crippen LogP contribution in [0.4, 0.5) is 14.5 Å². The van der Waals surface area contributed by atoms with Crippen molar-refractivity contribution in [2.45, 2.75) is 58.3 Å². The zero-order valence-electron chi connectivity index (χ0n) is 16.2. The Labute approximate surface area is 159 Å². The van der Waals surface area contributed by atoms with E-state index in [-0.39, 0.29) is 11.0 Å². The first-order valence-electron chi connectivity index (χ1n) is 9.38. The van der Waals surface area contributed by atoms with Crippen molar-refractivity contribution < 1.29 is 13.6 Å². The monoisotopic (exact) mass is 372 g/mol. The Hall–Kier alpha value is -2.30. The molecule has 0 aliphatic heterocycles. The predicted molar refractivity (Wildman–Crippen MR) is 103 cm³/mol. The van der Waals surface area contributed by atoms with Gasteiger partial charge < -0.3 is 5.32 Å². The zero-order valence-corrected chi connectivity index (χ0v) is 16.2. The molecule has 1 N–H and O–H groups in total. The van der Waals surface area contributed by atoms with Crippen molar-refractivity contribution in [3.8, 4) is 0 Å². The van der Waals surface area contributed by atoms with Gasteiger partial charge in [-0.1, -0.05) is 39.8 Å². The van der Waals surface area contributed by atoms with E-state index in [2.05, 4.69) is 44.1 Å². The van der Waals surface area contributed by atoms with Gasteiger partial charge in [0.15, 0.2) is 0 Å². The summed E-state index contributed by atoms with van der Waals surface area (Å²) in [5.41, 5.74) is 2.55. The molecule has 0 saturated carbocycles. The number of fused-ring (bicyclic) bond motifs is 1. The molecular weight excluding hydrogens is 346 g/mol. The van der Waals surface area contributed by atoms with Gasteiger partial charge in [0.2, 0.25) is 0 Å². The van der Waals surface area contributed by atoms with E-state index in [0.29, 0.717) is 11.8 Å². The highest BCUT2D eigenvalue weighted by molar-refractivity contribution is 6.05. The van der Waals surface area contributed by atoms with E-state index in [1.165, 1.54) is 23.9 Å². The van der Waals surface area contributed by atoms with Crippen LogP contribution in [0.2, 0.25) is 0 Å². The van der Waals surface area contributed by atoms with Crippen molar-refractivity contribution in [1.82, 2.24) is 4.98 Å². The van der Waals surface area contributed by atoms with Crippen LogP contribution in [-0.4, -0.2) is 10.9 Å². The number of pyridine rings is 1. The van der Waals surface area contributed by atoms with Crippen LogP contribution in [0.1, 0.15) is 80.1 Å². The number of hydrogen-bond acceptors (Lipinski definition) is 2. The number of benzene rings is 1. The van der Waals surface area contributed by atoms with Crippen molar-refractivity contribution in [3.05, 3.63) is 58.9 Å². The Bertz CT molecular complexity index is 846. The van der Waals surface area contributed by atoms with Gasteiger partial charge in [-0.3, -0.25) is 9.78 Å². The summed E-state index contributed by atoms with van der Waals surface area (Å²) in [5, 5.41) is 2.88. The smallest absolute Gasteiger partial charge is 0.281 e. The lowest BCUT2D eigenvalue weighted by molar-refractivity contribution is 0.100. The molecule has 0 bridgehead atoms. The van der Waals surface area contributed by atoms with Crippen LogP contribution in [-0.2, 0) is 5.41 Å². The number of alkyl halides is 2. The van der Waals surface area contributed by atoms with E-state index in [0.717, 1.165) is 24.1 Å². The minimum atomic E-state index is -2.79. The SMILES string of the molecule is CC(C)C[C@H]1CC(C)(C)c2cccc(NC(=O)c3cccnc3C(F)F)c21. The fraction of sp³-hybridized carbons (Fsp3) is 0.455. The second-order valence-electron chi connectivity index (χ2n) is 8.37. The first kappa shape index (κ1) is 19.5. The van der Waals surface area contributed by atoms with E-state index in [1.54, 1.807) is 0 Å². The lowest BCUT2D eigenvalue weighted by atomic mass is 9.85. The minimum absolute atomic E-state index is 0.0259. The molecular formula is C22H26F2N2O. The Morgan fingerprint density at radius 2 is 2.00 bits per heavy atom. The summed E-state index contributed by atoms with van der Waals surface area (Å²) >= 11 is 0. The molecule has 3 nitrogen and oxygen atoms in total. The summed E-state index contributed by atoms with van der Waals surface area (Å²) in [5.74, 6) is 0.332. The van der Waals surface area contributed by atoms with Crippen LogP contribution in [0, 0.1) is 5.92 Å². The maximum absolute atomic E-state index is 13.2. The van der Waals surface area contributed by atoms with E-state index < -0.39 is 18.0 Å². The maximum atomic E-state index is 13.2. The number of anilines is 1. The molecule has 0 unspecified atom stereocenters. The number of amides is 1. The minimum Gasteiger partial charge on any atom is -0.322 e. The number of halogens is 2. The molecule has 0 radical (unpaired) electrons. The summed E-state index contributed by atoms with van der Waals surface area (Å²) in [7, 11) is 0. The quantitative estimate of drug-likeness (QED) is 0.691. The van der Waals surface area contributed by atoms with Crippen LogP contribution in [0.5, 0.6) is 0 Å². The van der Waals surface area contributed by atoms with Gasteiger partial charge in [0, 0.05) is 11.9 Å². The van der Waals surface area contributed by atoms with Crippen molar-refractivity contribution >= 4 is 11.6 Å². The van der Waals surface area contributed by atoms with Crippen molar-refractivity contribution in [3.63, 3.8) is 0 Å². The van der Waals surface area contributed by atoms with Gasteiger partial charge in [0.05, 0.1) is 5.56 Å². The first-order valence-corrected chi connectivity index (χ1v) is 9.38. The van der Waals surface area contributed by atoms with Crippen LogP contribution in [0.3, 0.4) is 0 Å². The lowest BCUT2D eigenvalue weighted by Gasteiger charge is -2.19. The molecule has 1 heterocycles. The predicted octanol–water partition coefficient (Wildman–Crippen LogP) is 6.08. The Morgan fingerprint density at radius 1 is 1.26 bits per heavy atom. The average Bonchev–Trinajstić information content (AvgIpc) is 2.85. The van der Waals surface area contributed by atoms with Crippen molar-refractivity contribution in [1.29, 1.82) is 0 Å². The fourth-order valence-corrected chi connectivity index (χ4v) is 4.28. The molecule has 27 heavy (non-hydrogen) atoms. The molecule has 3 rings (SSSR count). The first-order chi connectivity index (χ1) is 12.7. The lowest BCUT2D eigenvalue weighted by Crippen LogP contribution is -2.17. The van der Waals surface area contributed by atoms with Gasteiger partial charge in [0.1, 0.15) is 5.69 Å². The number of aromatic nitrogens is 1. The summed E-state index contributed by atoms with van der Waals surface area (Å²) in [6.07, 6.45) is 0.529. The van der Waals surface area contributed by atoms with E-state index >= 15 is 0 Å². The maximum Gasteiger partial charge on any atom is 0.281 e. The molecule has 0 fully saturated rings. The Balaban J connectivity index is 1.98. The molecule has 144 valence electrons. The molecule has 5 heteroatoms. The second kappa shape index (κ2) is 7.37. The molecule has 0 saturated heterocycles. The van der Waals surface area contributed by atoms with Crippen molar-refractivity contribution in [2.24, 2.45) is 5.92 Å². The highest BCUT2D eigenvalue weighted by Crippen LogP contribution is 2.50. The third-order valence-corrected chi connectivity index (χ3v) is 5.29. The zero-order chi connectivity index (χ0) is 19.8. The standard InChI is InChI=1S/C22H26F2N2O/c1-13(2)11-14-12-22(3,4)16-8-5-9-17(18(14)16)26-21(27)15-7-6-10-25-19(15)20(23)24/h5-10,13-14,20H,11-12H2,1-4H3,(H,26,27)/t14-/m0/s1.